The summed E-state index contributed by atoms with van der Waals surface area (Å²) in [5.41, 5.74) is 4.67. The van der Waals surface area contributed by atoms with Crippen LogP contribution in [0.3, 0.4) is 0 Å². The minimum atomic E-state index is -1.07. The van der Waals surface area contributed by atoms with Crippen molar-refractivity contribution in [2.75, 3.05) is 6.61 Å². The number of aliphatic hydroxyl groups is 1. The van der Waals surface area contributed by atoms with Gasteiger partial charge >= 0.3 is 7.12 Å². The van der Waals surface area contributed by atoms with Gasteiger partial charge in [-0.1, -0.05) is 54.6 Å². The number of aromatic hydroxyl groups is 1. The van der Waals surface area contributed by atoms with Crippen LogP contribution in [0.25, 0.3) is 11.6 Å². The van der Waals surface area contributed by atoms with E-state index in [1.807, 2.05) is 60.0 Å². The van der Waals surface area contributed by atoms with Crippen LogP contribution in [0.4, 0.5) is 0 Å². The zero-order valence-corrected chi connectivity index (χ0v) is 23.4. The first-order valence-corrected chi connectivity index (χ1v) is 14.9. The molecule has 7 nitrogen and oxygen atoms in total. The van der Waals surface area contributed by atoms with Crippen LogP contribution in [0, 0.1) is 17.8 Å². The third kappa shape index (κ3) is 5.55. The van der Waals surface area contributed by atoms with Gasteiger partial charge in [-0.2, -0.15) is 0 Å². The van der Waals surface area contributed by atoms with E-state index in [1.54, 1.807) is 12.1 Å². The Balaban J connectivity index is 1.28. The van der Waals surface area contributed by atoms with Gasteiger partial charge in [0.05, 0.1) is 31.1 Å². The first-order chi connectivity index (χ1) is 19.9. The molecule has 0 spiro atoms. The molecular formula is C32H32BNO6S. The zero-order chi connectivity index (χ0) is 28.5. The van der Waals surface area contributed by atoms with E-state index in [0.29, 0.717) is 19.3 Å². The fourth-order valence-corrected chi connectivity index (χ4v) is 7.39. The number of thiophene rings is 1. The first kappa shape index (κ1) is 27.7. The van der Waals surface area contributed by atoms with E-state index in [2.05, 4.69) is 6.08 Å². The van der Waals surface area contributed by atoms with E-state index in [9.17, 15) is 24.8 Å². The van der Waals surface area contributed by atoms with Crippen LogP contribution >= 0.6 is 11.3 Å². The summed E-state index contributed by atoms with van der Waals surface area (Å²) in [6, 6.07) is 20.8. The van der Waals surface area contributed by atoms with E-state index in [1.165, 1.54) is 16.2 Å². The molecule has 3 heterocycles. The van der Waals surface area contributed by atoms with Gasteiger partial charge in [0, 0.05) is 4.88 Å². The smallest absolute Gasteiger partial charge is 0.455 e. The summed E-state index contributed by atoms with van der Waals surface area (Å²) in [5, 5.41) is 32.9. The van der Waals surface area contributed by atoms with Gasteiger partial charge in [-0.3, -0.25) is 14.5 Å². The molecule has 0 radical (unpaired) electrons. The number of phenolic OH excluding ortho intramolecular Hbond substituents is 1. The maximum Gasteiger partial charge on any atom is 0.455 e. The Kier molecular flexibility index (Phi) is 7.95. The van der Waals surface area contributed by atoms with Gasteiger partial charge in [0.1, 0.15) is 5.75 Å². The predicted octanol–water partition coefficient (Wildman–Crippen LogP) is 4.76. The van der Waals surface area contributed by atoms with Gasteiger partial charge in [-0.05, 0) is 82.9 Å². The van der Waals surface area contributed by atoms with Crippen LogP contribution in [-0.2, 0) is 20.8 Å². The Morgan fingerprint density at radius 3 is 2.51 bits per heavy atom. The molecule has 2 saturated heterocycles. The molecule has 3 aliphatic rings. The molecule has 6 rings (SSSR count). The Morgan fingerprint density at radius 1 is 1.02 bits per heavy atom. The lowest BCUT2D eigenvalue weighted by Gasteiger charge is -2.43. The lowest BCUT2D eigenvalue weighted by molar-refractivity contribution is -0.140. The molecule has 4 atom stereocenters. The summed E-state index contributed by atoms with van der Waals surface area (Å²) in [4.78, 5) is 29.4. The molecule has 0 saturated carbocycles. The first-order valence-electron chi connectivity index (χ1n) is 14.0. The standard InChI is InChI=1S/C32H32BNO6S/c35-19-23-16-26-30(32(38)34(31(26)37)18-25-7-4-14-41-25)27-17-33(39)40-28(29(23)27)13-10-22(21-5-2-1-3-6-21)15-20-8-11-24(36)12-9-20/h1-9,11-12,14-15,26-28,30,35-36,39H,10,13,16-19H2/b22-15-/t26-,27+,28-,30-/m1/s1. The number of likely N-dealkylation sites (tertiary alicyclic amines) is 1. The van der Waals surface area contributed by atoms with Gasteiger partial charge in [-0.25, -0.2) is 0 Å². The van der Waals surface area contributed by atoms with E-state index in [4.69, 9.17) is 4.65 Å². The Hall–Kier alpha value is -3.50. The van der Waals surface area contributed by atoms with Crippen molar-refractivity contribution in [3.8, 4) is 5.75 Å². The molecule has 2 amide bonds. The summed E-state index contributed by atoms with van der Waals surface area (Å²) in [7, 11) is -1.07. The number of phenols is 1. The highest BCUT2D eigenvalue weighted by atomic mass is 32.1. The highest BCUT2D eigenvalue weighted by Crippen LogP contribution is 2.51. The molecule has 2 aromatic carbocycles. The van der Waals surface area contributed by atoms with Crippen LogP contribution in [0.1, 0.15) is 35.3 Å². The number of hydrogen-bond donors (Lipinski definition) is 3. The van der Waals surface area contributed by atoms with E-state index >= 15 is 0 Å². The Labute approximate surface area is 243 Å². The molecule has 1 aromatic heterocycles. The van der Waals surface area contributed by atoms with Crippen molar-refractivity contribution in [2.45, 2.75) is 38.2 Å². The van der Waals surface area contributed by atoms with E-state index < -0.39 is 25.1 Å². The van der Waals surface area contributed by atoms with Crippen molar-refractivity contribution in [1.29, 1.82) is 0 Å². The topological polar surface area (TPSA) is 107 Å². The summed E-state index contributed by atoms with van der Waals surface area (Å²) in [6.45, 7) is 0.0378. The number of rotatable bonds is 8. The van der Waals surface area contributed by atoms with Crippen LogP contribution in [-0.4, -0.2) is 51.8 Å². The fourth-order valence-electron chi connectivity index (χ4n) is 6.70. The van der Waals surface area contributed by atoms with E-state index in [0.717, 1.165) is 32.7 Å². The second-order valence-corrected chi connectivity index (χ2v) is 12.0. The van der Waals surface area contributed by atoms with Gasteiger partial charge in [0.25, 0.3) is 0 Å². The third-order valence-corrected chi connectivity index (χ3v) is 9.40. The quantitative estimate of drug-likeness (QED) is 0.156. The minimum Gasteiger partial charge on any atom is -0.508 e. The number of aliphatic hydroxyl groups excluding tert-OH is 1. The maximum absolute atomic E-state index is 13.7. The molecule has 3 aromatic rings. The number of nitrogens with zero attached hydrogens (tertiary/aromatic N) is 1. The average molecular weight is 569 g/mol. The highest BCUT2D eigenvalue weighted by molar-refractivity contribution is 7.09. The van der Waals surface area contributed by atoms with Gasteiger partial charge in [0.2, 0.25) is 11.8 Å². The van der Waals surface area contributed by atoms with Crippen LogP contribution in [0.15, 0.2) is 83.3 Å². The van der Waals surface area contributed by atoms with Crippen molar-refractivity contribution in [1.82, 2.24) is 4.90 Å². The lowest BCUT2D eigenvalue weighted by Crippen LogP contribution is -2.46. The normalized spacial score (nSPS) is 24.6. The number of carbonyl (C=O) groups excluding carboxylic acids is 2. The molecular weight excluding hydrogens is 537 g/mol. The summed E-state index contributed by atoms with van der Waals surface area (Å²) < 4.78 is 6.08. The van der Waals surface area contributed by atoms with Crippen molar-refractivity contribution < 1.29 is 29.5 Å². The number of fused-ring (bicyclic) bond motifs is 3. The number of hydrogen-bond acceptors (Lipinski definition) is 7. The monoisotopic (exact) mass is 569 g/mol. The van der Waals surface area contributed by atoms with Crippen LogP contribution in [0.2, 0.25) is 6.32 Å². The van der Waals surface area contributed by atoms with E-state index in [-0.39, 0.29) is 43.0 Å². The average Bonchev–Trinajstić information content (AvgIpc) is 3.58. The second-order valence-electron chi connectivity index (χ2n) is 11.0. The van der Waals surface area contributed by atoms with Crippen molar-refractivity contribution in [3.63, 3.8) is 0 Å². The highest BCUT2D eigenvalue weighted by Gasteiger charge is 2.57. The van der Waals surface area contributed by atoms with Crippen LogP contribution in [0.5, 0.6) is 5.75 Å². The molecule has 9 heteroatoms. The van der Waals surface area contributed by atoms with Crippen molar-refractivity contribution >= 4 is 41.9 Å². The van der Waals surface area contributed by atoms with Crippen molar-refractivity contribution in [2.24, 2.45) is 17.8 Å². The number of benzene rings is 2. The molecule has 41 heavy (non-hydrogen) atoms. The second kappa shape index (κ2) is 11.8. The number of amides is 2. The molecule has 1 aliphatic carbocycles. The SMILES string of the molecule is O=C1[C@@H]2[C@@H](CC(CO)=C3[C@@H](CC/C(=C/c4ccc(O)cc4)c4ccccc4)OB(O)C[C@@H]32)C(=O)N1Cc1cccs1. The molecule has 3 N–H and O–H groups in total. The summed E-state index contributed by atoms with van der Waals surface area (Å²) in [5.74, 6) is -1.65. The summed E-state index contributed by atoms with van der Waals surface area (Å²) in [6.07, 6.45) is 3.27. The minimum absolute atomic E-state index is 0.195. The maximum atomic E-state index is 13.7. The molecule has 2 aliphatic heterocycles. The molecule has 2 fully saturated rings. The largest absolute Gasteiger partial charge is 0.508 e. The van der Waals surface area contributed by atoms with Gasteiger partial charge in [0.15, 0.2) is 0 Å². The van der Waals surface area contributed by atoms with Crippen molar-refractivity contribution in [3.05, 3.63) is 99.3 Å². The zero-order valence-electron chi connectivity index (χ0n) is 22.6. The number of carbonyl (C=O) groups is 2. The fraction of sp³-hybridized carbons (Fsp3) is 0.312. The van der Waals surface area contributed by atoms with Crippen LogP contribution < -0.4 is 0 Å². The third-order valence-electron chi connectivity index (χ3n) is 8.54. The predicted molar refractivity (Wildman–Crippen MR) is 158 cm³/mol. The molecule has 0 bridgehead atoms. The van der Waals surface area contributed by atoms with Gasteiger partial charge < -0.3 is 19.9 Å². The Bertz CT molecular complexity index is 1470. The lowest BCUT2D eigenvalue weighted by atomic mass is 9.58. The van der Waals surface area contributed by atoms with Gasteiger partial charge in [-0.15, -0.1) is 11.3 Å². The summed E-state index contributed by atoms with van der Waals surface area (Å²) >= 11 is 1.51. The Morgan fingerprint density at radius 2 is 1.80 bits per heavy atom. The number of allylic oxidation sites excluding steroid dienone is 1. The number of imide groups is 1. The molecule has 210 valence electrons. The molecule has 0 unspecified atom stereocenters.